The first kappa shape index (κ1) is 22.5. The third kappa shape index (κ3) is 6.66. The third-order valence-electron chi connectivity index (χ3n) is 3.93. The third-order valence-corrected chi connectivity index (χ3v) is 3.93. The SMILES string of the molecule is CCOC(=O)/C(=C\N/C(=C/NCc1ccc(OC)cc1)C(=O)OC)c1ccccn1. The van der Waals surface area contributed by atoms with Gasteiger partial charge in [0.25, 0.3) is 0 Å². The van der Waals surface area contributed by atoms with Gasteiger partial charge in [0, 0.05) is 25.1 Å². The van der Waals surface area contributed by atoms with Crippen LogP contribution in [0.1, 0.15) is 18.2 Å². The number of methoxy groups -OCH3 is 2. The van der Waals surface area contributed by atoms with Gasteiger partial charge in [-0.05, 0) is 36.8 Å². The number of hydrogen-bond acceptors (Lipinski definition) is 8. The number of carbonyl (C=O) groups is 2. The van der Waals surface area contributed by atoms with Gasteiger partial charge in [-0.3, -0.25) is 4.98 Å². The Morgan fingerprint density at radius 2 is 1.80 bits per heavy atom. The topological polar surface area (TPSA) is 98.8 Å². The number of pyridine rings is 1. The average molecular weight is 411 g/mol. The summed E-state index contributed by atoms with van der Waals surface area (Å²) in [6.45, 7) is 2.40. The molecule has 2 rings (SSSR count). The first-order chi connectivity index (χ1) is 14.6. The van der Waals surface area contributed by atoms with E-state index in [-0.39, 0.29) is 17.9 Å². The first-order valence-electron chi connectivity index (χ1n) is 9.29. The summed E-state index contributed by atoms with van der Waals surface area (Å²) in [5.41, 5.74) is 1.71. The molecule has 1 heterocycles. The van der Waals surface area contributed by atoms with Crippen LogP contribution >= 0.6 is 0 Å². The Morgan fingerprint density at radius 1 is 1.03 bits per heavy atom. The number of rotatable bonds is 10. The van der Waals surface area contributed by atoms with Crippen LogP contribution in [0.2, 0.25) is 0 Å². The van der Waals surface area contributed by atoms with E-state index in [2.05, 4.69) is 15.6 Å². The second kappa shape index (κ2) is 11.9. The predicted molar refractivity (Wildman–Crippen MR) is 112 cm³/mol. The molecule has 8 heteroatoms. The highest BCUT2D eigenvalue weighted by Gasteiger charge is 2.16. The van der Waals surface area contributed by atoms with Crippen LogP contribution in [0.15, 0.2) is 66.8 Å². The highest BCUT2D eigenvalue weighted by Crippen LogP contribution is 2.13. The Morgan fingerprint density at radius 3 is 2.40 bits per heavy atom. The van der Waals surface area contributed by atoms with Crippen molar-refractivity contribution in [1.82, 2.24) is 15.6 Å². The Bertz CT molecular complexity index is 893. The monoisotopic (exact) mass is 411 g/mol. The Kier molecular flexibility index (Phi) is 8.92. The molecule has 0 atom stereocenters. The molecule has 0 unspecified atom stereocenters. The number of nitrogens with zero attached hydrogens (tertiary/aromatic N) is 1. The average Bonchev–Trinajstić information content (AvgIpc) is 2.78. The summed E-state index contributed by atoms with van der Waals surface area (Å²) in [5.74, 6) is -0.394. The molecule has 0 spiro atoms. The molecule has 0 aliphatic heterocycles. The van der Waals surface area contributed by atoms with Gasteiger partial charge in [-0.15, -0.1) is 0 Å². The van der Waals surface area contributed by atoms with Gasteiger partial charge in [0.2, 0.25) is 0 Å². The van der Waals surface area contributed by atoms with E-state index in [4.69, 9.17) is 14.2 Å². The quantitative estimate of drug-likeness (QED) is 0.454. The van der Waals surface area contributed by atoms with Gasteiger partial charge in [-0.1, -0.05) is 18.2 Å². The summed E-state index contributed by atoms with van der Waals surface area (Å²) in [7, 11) is 2.88. The number of nitrogens with one attached hydrogen (secondary N) is 2. The maximum atomic E-state index is 12.3. The van der Waals surface area contributed by atoms with Crippen molar-refractivity contribution in [2.45, 2.75) is 13.5 Å². The molecule has 2 aromatic rings. The second-order valence-electron chi connectivity index (χ2n) is 5.92. The van der Waals surface area contributed by atoms with Crippen molar-refractivity contribution in [3.8, 4) is 5.75 Å². The molecule has 1 aromatic heterocycles. The molecule has 2 N–H and O–H groups in total. The lowest BCUT2D eigenvalue weighted by molar-refractivity contribution is -0.137. The molecule has 1 aromatic carbocycles. The van der Waals surface area contributed by atoms with Crippen molar-refractivity contribution in [1.29, 1.82) is 0 Å². The van der Waals surface area contributed by atoms with Crippen molar-refractivity contribution < 1.29 is 23.8 Å². The fraction of sp³-hybridized carbons (Fsp3) is 0.227. The lowest BCUT2D eigenvalue weighted by Gasteiger charge is -2.10. The molecule has 0 amide bonds. The van der Waals surface area contributed by atoms with E-state index >= 15 is 0 Å². The van der Waals surface area contributed by atoms with E-state index < -0.39 is 11.9 Å². The van der Waals surface area contributed by atoms with Crippen molar-refractivity contribution in [3.05, 3.63) is 78.0 Å². The number of aromatic nitrogens is 1. The smallest absolute Gasteiger partial charge is 0.355 e. The molecule has 0 aliphatic carbocycles. The number of ether oxygens (including phenoxy) is 3. The number of benzene rings is 1. The molecule has 0 fully saturated rings. The van der Waals surface area contributed by atoms with Gasteiger partial charge in [-0.25, -0.2) is 9.59 Å². The van der Waals surface area contributed by atoms with Gasteiger partial charge >= 0.3 is 11.9 Å². The first-order valence-corrected chi connectivity index (χ1v) is 9.29. The van der Waals surface area contributed by atoms with Crippen molar-refractivity contribution in [3.63, 3.8) is 0 Å². The lowest BCUT2D eigenvalue weighted by atomic mass is 10.2. The summed E-state index contributed by atoms with van der Waals surface area (Å²) in [5, 5.41) is 5.86. The zero-order valence-corrected chi connectivity index (χ0v) is 17.2. The zero-order chi connectivity index (χ0) is 21.8. The summed E-state index contributed by atoms with van der Waals surface area (Å²) in [4.78, 5) is 28.6. The highest BCUT2D eigenvalue weighted by molar-refractivity contribution is 6.15. The predicted octanol–water partition coefficient (Wildman–Crippen LogP) is 2.39. The van der Waals surface area contributed by atoms with Crippen molar-refractivity contribution in [2.24, 2.45) is 0 Å². The Hall–Kier alpha value is -3.81. The molecular formula is C22H25N3O5. The fourth-order valence-electron chi connectivity index (χ4n) is 2.40. The highest BCUT2D eigenvalue weighted by atomic mass is 16.5. The van der Waals surface area contributed by atoms with E-state index in [1.807, 2.05) is 24.3 Å². The summed E-state index contributed by atoms with van der Waals surface area (Å²) in [6, 6.07) is 12.7. The molecule has 158 valence electrons. The lowest BCUT2D eigenvalue weighted by Crippen LogP contribution is -2.22. The van der Waals surface area contributed by atoms with Crippen LogP contribution in [-0.4, -0.2) is 37.7 Å². The number of hydrogen-bond donors (Lipinski definition) is 2. The normalized spacial score (nSPS) is 11.4. The van der Waals surface area contributed by atoms with Crippen LogP contribution in [0.3, 0.4) is 0 Å². The van der Waals surface area contributed by atoms with Gasteiger partial charge in [0.1, 0.15) is 17.0 Å². The summed E-state index contributed by atoms with van der Waals surface area (Å²) < 4.78 is 15.0. The molecular weight excluding hydrogens is 386 g/mol. The molecule has 0 saturated heterocycles. The van der Waals surface area contributed by atoms with E-state index in [0.717, 1.165) is 11.3 Å². The molecule has 0 bridgehead atoms. The van der Waals surface area contributed by atoms with Crippen molar-refractivity contribution in [2.75, 3.05) is 20.8 Å². The zero-order valence-electron chi connectivity index (χ0n) is 17.2. The van der Waals surface area contributed by atoms with Crippen LogP contribution in [-0.2, 0) is 25.6 Å². The van der Waals surface area contributed by atoms with Crippen molar-refractivity contribution >= 4 is 17.5 Å². The van der Waals surface area contributed by atoms with Gasteiger partial charge in [0.05, 0.1) is 26.5 Å². The van der Waals surface area contributed by atoms with Gasteiger partial charge in [0.15, 0.2) is 0 Å². The van der Waals surface area contributed by atoms with Crippen LogP contribution in [0.25, 0.3) is 5.57 Å². The molecule has 30 heavy (non-hydrogen) atoms. The van der Waals surface area contributed by atoms with E-state index in [9.17, 15) is 9.59 Å². The summed E-state index contributed by atoms with van der Waals surface area (Å²) in [6.07, 6.45) is 4.42. The van der Waals surface area contributed by atoms with E-state index in [1.165, 1.54) is 19.5 Å². The van der Waals surface area contributed by atoms with Gasteiger partial charge in [-0.2, -0.15) is 0 Å². The van der Waals surface area contributed by atoms with Crippen LogP contribution in [0.5, 0.6) is 5.75 Å². The number of esters is 2. The maximum absolute atomic E-state index is 12.3. The van der Waals surface area contributed by atoms with E-state index in [1.54, 1.807) is 38.4 Å². The fourth-order valence-corrected chi connectivity index (χ4v) is 2.40. The molecule has 0 saturated carbocycles. The van der Waals surface area contributed by atoms with E-state index in [0.29, 0.717) is 12.2 Å². The minimum Gasteiger partial charge on any atom is -0.497 e. The molecule has 0 radical (unpaired) electrons. The second-order valence-corrected chi connectivity index (χ2v) is 5.92. The standard InChI is InChI=1S/C22H25N3O5/c1-4-30-21(26)18(19-7-5-6-12-24-19)14-25-20(22(27)29-3)15-23-13-16-8-10-17(28-2)11-9-16/h5-12,14-15,23,25H,4,13H2,1-3H3/b18-14-,20-15+. The minimum absolute atomic E-state index is 0.115. The maximum Gasteiger partial charge on any atom is 0.355 e. The van der Waals surface area contributed by atoms with Crippen LogP contribution in [0, 0.1) is 0 Å². The largest absolute Gasteiger partial charge is 0.497 e. The summed E-state index contributed by atoms with van der Waals surface area (Å²) >= 11 is 0. The number of carbonyl (C=O) groups excluding carboxylic acids is 2. The van der Waals surface area contributed by atoms with Crippen LogP contribution in [0.4, 0.5) is 0 Å². The molecule has 8 nitrogen and oxygen atoms in total. The van der Waals surface area contributed by atoms with Crippen LogP contribution < -0.4 is 15.4 Å². The minimum atomic E-state index is -0.599. The Balaban J connectivity index is 2.16. The van der Waals surface area contributed by atoms with Gasteiger partial charge < -0.3 is 24.8 Å². The molecule has 0 aliphatic rings. The Labute approximate surface area is 175 Å².